The first-order valence-corrected chi connectivity index (χ1v) is 10.7. The SMILES string of the molecule is CCc1cccc(N=C(N)N2Cc3cccc4cccc2c34)c1.CS(=O)(=O)O. The van der Waals surface area contributed by atoms with E-state index in [0.29, 0.717) is 12.2 Å². The lowest BCUT2D eigenvalue weighted by Crippen LogP contribution is -2.34. The van der Waals surface area contributed by atoms with E-state index in [1.54, 1.807) is 0 Å². The maximum absolute atomic E-state index is 9.19. The van der Waals surface area contributed by atoms with Gasteiger partial charge in [0.1, 0.15) is 0 Å². The molecule has 1 aliphatic heterocycles. The van der Waals surface area contributed by atoms with Crippen LogP contribution < -0.4 is 10.6 Å². The van der Waals surface area contributed by atoms with E-state index in [4.69, 9.17) is 10.3 Å². The van der Waals surface area contributed by atoms with Gasteiger partial charge in [-0.15, -0.1) is 0 Å². The summed E-state index contributed by atoms with van der Waals surface area (Å²) in [6.45, 7) is 2.92. The molecule has 1 aliphatic rings. The summed E-state index contributed by atoms with van der Waals surface area (Å²) in [6, 6.07) is 21.0. The fraction of sp³-hybridized carbons (Fsp3) is 0.190. The molecule has 0 saturated heterocycles. The fourth-order valence-electron chi connectivity index (χ4n) is 3.25. The largest absolute Gasteiger partial charge is 0.369 e. The highest BCUT2D eigenvalue weighted by Crippen LogP contribution is 2.37. The average Bonchev–Trinajstić information content (AvgIpc) is 3.02. The van der Waals surface area contributed by atoms with Crippen molar-refractivity contribution < 1.29 is 13.0 Å². The molecular weight excluding hydrogens is 374 g/mol. The average molecular weight is 398 g/mol. The van der Waals surface area contributed by atoms with E-state index in [2.05, 4.69) is 65.3 Å². The predicted octanol–water partition coefficient (Wildman–Crippen LogP) is 3.87. The third-order valence-electron chi connectivity index (χ3n) is 4.43. The molecule has 0 unspecified atom stereocenters. The molecule has 146 valence electrons. The molecule has 4 rings (SSSR count). The summed E-state index contributed by atoms with van der Waals surface area (Å²) < 4.78 is 25.9. The third-order valence-corrected chi connectivity index (χ3v) is 4.43. The topological polar surface area (TPSA) is 96.0 Å². The predicted molar refractivity (Wildman–Crippen MR) is 115 cm³/mol. The molecule has 1 heterocycles. The van der Waals surface area contributed by atoms with Gasteiger partial charge in [0.2, 0.25) is 5.96 Å². The van der Waals surface area contributed by atoms with E-state index in [1.165, 1.54) is 21.9 Å². The highest BCUT2D eigenvalue weighted by molar-refractivity contribution is 7.85. The van der Waals surface area contributed by atoms with Crippen molar-refractivity contribution >= 4 is 38.2 Å². The lowest BCUT2D eigenvalue weighted by Gasteiger charge is -2.18. The van der Waals surface area contributed by atoms with Crippen LogP contribution in [0.4, 0.5) is 11.4 Å². The molecule has 28 heavy (non-hydrogen) atoms. The number of hydrogen-bond acceptors (Lipinski definition) is 3. The van der Waals surface area contributed by atoms with E-state index in [1.807, 2.05) is 12.1 Å². The van der Waals surface area contributed by atoms with E-state index in [0.717, 1.165) is 24.3 Å². The molecule has 0 saturated carbocycles. The van der Waals surface area contributed by atoms with Crippen LogP contribution in [0.25, 0.3) is 10.8 Å². The van der Waals surface area contributed by atoms with Crippen LogP contribution in [0.3, 0.4) is 0 Å². The number of nitrogens with zero attached hydrogens (tertiary/aromatic N) is 2. The van der Waals surface area contributed by atoms with Crippen LogP contribution in [-0.4, -0.2) is 25.2 Å². The monoisotopic (exact) mass is 397 g/mol. The molecule has 3 aromatic rings. The Morgan fingerprint density at radius 2 is 1.79 bits per heavy atom. The van der Waals surface area contributed by atoms with Gasteiger partial charge in [-0.05, 0) is 41.1 Å². The second-order valence-corrected chi connectivity index (χ2v) is 8.07. The van der Waals surface area contributed by atoms with Gasteiger partial charge in [-0.1, -0.05) is 49.4 Å². The van der Waals surface area contributed by atoms with E-state index < -0.39 is 10.1 Å². The Bertz CT molecular complexity index is 1130. The van der Waals surface area contributed by atoms with Crippen LogP contribution in [0.1, 0.15) is 18.1 Å². The van der Waals surface area contributed by atoms with Crippen LogP contribution in [0.2, 0.25) is 0 Å². The minimum atomic E-state index is -3.67. The van der Waals surface area contributed by atoms with Crippen LogP contribution in [0.5, 0.6) is 0 Å². The maximum atomic E-state index is 9.19. The minimum Gasteiger partial charge on any atom is -0.369 e. The minimum absolute atomic E-state index is 0.543. The van der Waals surface area contributed by atoms with Crippen molar-refractivity contribution in [1.82, 2.24) is 0 Å². The molecule has 0 amide bonds. The summed E-state index contributed by atoms with van der Waals surface area (Å²) in [4.78, 5) is 6.73. The van der Waals surface area contributed by atoms with Gasteiger partial charge >= 0.3 is 0 Å². The first kappa shape index (κ1) is 19.9. The normalized spacial score (nSPS) is 13.4. The van der Waals surface area contributed by atoms with Crippen LogP contribution in [0.15, 0.2) is 65.7 Å². The van der Waals surface area contributed by atoms with Crippen molar-refractivity contribution in [2.24, 2.45) is 10.7 Å². The molecule has 0 aliphatic carbocycles. The number of hydrogen-bond donors (Lipinski definition) is 2. The van der Waals surface area contributed by atoms with Crippen molar-refractivity contribution in [2.75, 3.05) is 11.2 Å². The van der Waals surface area contributed by atoms with Gasteiger partial charge < -0.3 is 10.6 Å². The molecule has 0 bridgehead atoms. The molecule has 3 aromatic carbocycles. The molecule has 6 nitrogen and oxygen atoms in total. The van der Waals surface area contributed by atoms with E-state index in [-0.39, 0.29) is 0 Å². The lowest BCUT2D eigenvalue weighted by atomic mass is 10.1. The molecule has 0 fully saturated rings. The Morgan fingerprint density at radius 1 is 1.14 bits per heavy atom. The van der Waals surface area contributed by atoms with Crippen molar-refractivity contribution in [3.8, 4) is 0 Å². The molecular formula is C21H23N3O3S. The Balaban J connectivity index is 0.000000403. The van der Waals surface area contributed by atoms with Gasteiger partial charge in [-0.2, -0.15) is 8.42 Å². The number of anilines is 1. The number of guanidine groups is 1. The second kappa shape index (κ2) is 8.00. The Kier molecular flexibility index (Phi) is 5.67. The Hall–Kier alpha value is -2.90. The van der Waals surface area contributed by atoms with Crippen LogP contribution in [-0.2, 0) is 23.1 Å². The fourth-order valence-corrected chi connectivity index (χ4v) is 3.25. The summed E-state index contributed by atoms with van der Waals surface area (Å²) in [5, 5.41) is 2.54. The second-order valence-electron chi connectivity index (χ2n) is 6.61. The van der Waals surface area contributed by atoms with Gasteiger partial charge in [-0.25, -0.2) is 4.99 Å². The highest BCUT2D eigenvalue weighted by Gasteiger charge is 2.23. The van der Waals surface area contributed by atoms with Gasteiger partial charge in [0.05, 0.1) is 24.2 Å². The quantitative estimate of drug-likeness (QED) is 0.389. The number of aliphatic imine (C=N–C) groups is 1. The van der Waals surface area contributed by atoms with Gasteiger partial charge in [0, 0.05) is 5.39 Å². The van der Waals surface area contributed by atoms with Gasteiger partial charge in [0.15, 0.2) is 0 Å². The smallest absolute Gasteiger partial charge is 0.261 e. The lowest BCUT2D eigenvalue weighted by molar-refractivity contribution is 0.490. The van der Waals surface area contributed by atoms with E-state index >= 15 is 0 Å². The van der Waals surface area contributed by atoms with Crippen molar-refractivity contribution in [1.29, 1.82) is 0 Å². The Labute approximate surface area is 165 Å². The van der Waals surface area contributed by atoms with E-state index in [9.17, 15) is 8.42 Å². The summed E-state index contributed by atoms with van der Waals surface area (Å²) in [5.41, 5.74) is 11.0. The van der Waals surface area contributed by atoms with Crippen molar-refractivity contribution in [3.63, 3.8) is 0 Å². The molecule has 0 aromatic heterocycles. The molecule has 3 N–H and O–H groups in total. The van der Waals surface area contributed by atoms with Crippen molar-refractivity contribution in [3.05, 3.63) is 71.8 Å². The third kappa shape index (κ3) is 4.68. The highest BCUT2D eigenvalue weighted by atomic mass is 32.2. The standard InChI is InChI=1S/C20H19N3.CH4O3S/c1-2-14-6-3-10-17(12-14)22-20(21)23-13-16-9-4-7-15-8-5-11-18(23)19(15)16;1-5(2,3)4/h3-12H,2,13H2,1H3,(H2,21,22);1H3,(H,2,3,4). The maximum Gasteiger partial charge on any atom is 0.261 e. The zero-order valence-corrected chi connectivity index (χ0v) is 16.6. The number of rotatable bonds is 2. The number of nitrogens with two attached hydrogens (primary N) is 1. The zero-order valence-electron chi connectivity index (χ0n) is 15.8. The summed E-state index contributed by atoms with van der Waals surface area (Å²) >= 11 is 0. The first-order valence-electron chi connectivity index (χ1n) is 8.90. The molecule has 0 radical (unpaired) electrons. The van der Waals surface area contributed by atoms with Crippen LogP contribution in [0, 0.1) is 0 Å². The molecule has 0 spiro atoms. The summed E-state index contributed by atoms with van der Waals surface area (Å²) in [7, 11) is -3.67. The van der Waals surface area contributed by atoms with Crippen molar-refractivity contribution in [2.45, 2.75) is 19.9 Å². The zero-order chi connectivity index (χ0) is 20.3. The molecule has 7 heteroatoms. The number of aryl methyl sites for hydroxylation is 1. The molecule has 0 atom stereocenters. The van der Waals surface area contributed by atoms with Gasteiger partial charge in [0.25, 0.3) is 10.1 Å². The van der Waals surface area contributed by atoms with Gasteiger partial charge in [-0.3, -0.25) is 4.55 Å². The Morgan fingerprint density at radius 3 is 2.46 bits per heavy atom. The number of benzene rings is 3. The summed E-state index contributed by atoms with van der Waals surface area (Å²) in [5.74, 6) is 0.543. The van der Waals surface area contributed by atoms with Crippen LogP contribution >= 0.6 is 0 Å². The summed E-state index contributed by atoms with van der Waals surface area (Å²) in [6.07, 6.45) is 1.71. The first-order chi connectivity index (χ1) is 13.3.